The average molecular weight is 458 g/mol. The molecule has 33 heavy (non-hydrogen) atoms. The standard InChI is InChI=1S/C26H20ClN3O3/c1-32-19-7-3-17(4-8-19)25-24-21(22-14-16(15-28)2-11-23(22)29-24)12-13-30(25)26(31)33-20-9-5-18(27)6-10-20/h2-11,14,25,29H,12-13H2,1H3. The molecule has 1 atom stereocenters. The molecule has 164 valence electrons. The lowest BCUT2D eigenvalue weighted by molar-refractivity contribution is 0.135. The Kier molecular flexibility index (Phi) is 5.41. The predicted octanol–water partition coefficient (Wildman–Crippen LogP) is 5.85. The Bertz CT molecular complexity index is 1370. The van der Waals surface area contributed by atoms with E-state index < -0.39 is 6.09 Å². The van der Waals surface area contributed by atoms with Crippen molar-refractivity contribution in [2.75, 3.05) is 13.7 Å². The number of benzene rings is 3. The van der Waals surface area contributed by atoms with E-state index in [1.165, 1.54) is 0 Å². The molecule has 1 aromatic heterocycles. The Morgan fingerprint density at radius 1 is 1.09 bits per heavy atom. The molecule has 3 aromatic carbocycles. The van der Waals surface area contributed by atoms with Gasteiger partial charge in [-0.2, -0.15) is 5.26 Å². The highest BCUT2D eigenvalue weighted by atomic mass is 35.5. The Balaban J connectivity index is 1.58. The first kappa shape index (κ1) is 20.9. The van der Waals surface area contributed by atoms with E-state index in [-0.39, 0.29) is 6.04 Å². The van der Waals surface area contributed by atoms with E-state index in [1.807, 2.05) is 36.4 Å². The van der Waals surface area contributed by atoms with Crippen molar-refractivity contribution in [1.82, 2.24) is 9.88 Å². The molecule has 0 bridgehead atoms. The van der Waals surface area contributed by atoms with Crippen LogP contribution in [0.25, 0.3) is 10.9 Å². The lowest BCUT2D eigenvalue weighted by Crippen LogP contribution is -2.42. The molecule has 1 aliphatic heterocycles. The fourth-order valence-corrected chi connectivity index (χ4v) is 4.48. The normalized spacial score (nSPS) is 15.1. The van der Waals surface area contributed by atoms with Crippen LogP contribution in [0.2, 0.25) is 5.02 Å². The lowest BCUT2D eigenvalue weighted by atomic mass is 9.92. The summed E-state index contributed by atoms with van der Waals surface area (Å²) in [6, 6.07) is 21.8. The van der Waals surface area contributed by atoms with Crippen LogP contribution in [0.4, 0.5) is 4.79 Å². The summed E-state index contributed by atoms with van der Waals surface area (Å²) in [7, 11) is 1.62. The number of rotatable bonds is 3. The Morgan fingerprint density at radius 2 is 1.82 bits per heavy atom. The number of carbonyl (C=O) groups is 1. The molecular weight excluding hydrogens is 438 g/mol. The zero-order chi connectivity index (χ0) is 22.9. The highest BCUT2D eigenvalue weighted by Crippen LogP contribution is 2.39. The number of H-pyrrole nitrogens is 1. The second-order valence-corrected chi connectivity index (χ2v) is 8.27. The number of ether oxygens (including phenoxy) is 2. The average Bonchev–Trinajstić information content (AvgIpc) is 3.22. The Labute approximate surface area is 195 Å². The SMILES string of the molecule is COc1ccc(C2c3[nH]c4ccc(C#N)cc4c3CCN2C(=O)Oc2ccc(Cl)cc2)cc1. The third-order valence-electron chi connectivity index (χ3n) is 5.94. The summed E-state index contributed by atoms with van der Waals surface area (Å²) >= 11 is 5.96. The molecule has 0 radical (unpaired) electrons. The van der Waals surface area contributed by atoms with Crippen molar-refractivity contribution >= 4 is 28.6 Å². The number of aromatic amines is 1. The molecule has 0 saturated carbocycles. The van der Waals surface area contributed by atoms with Crippen LogP contribution in [-0.2, 0) is 6.42 Å². The first-order chi connectivity index (χ1) is 16.1. The van der Waals surface area contributed by atoms with Crippen LogP contribution in [0.15, 0.2) is 66.7 Å². The van der Waals surface area contributed by atoms with Crippen LogP contribution < -0.4 is 9.47 Å². The topological polar surface area (TPSA) is 78.4 Å². The number of nitrogens with zero attached hydrogens (tertiary/aromatic N) is 2. The number of nitriles is 1. The van der Waals surface area contributed by atoms with E-state index >= 15 is 0 Å². The number of nitrogens with one attached hydrogen (secondary N) is 1. The molecule has 6 nitrogen and oxygen atoms in total. The molecule has 0 fully saturated rings. The smallest absolute Gasteiger partial charge is 0.416 e. The fourth-order valence-electron chi connectivity index (χ4n) is 4.35. The number of hydrogen-bond donors (Lipinski definition) is 1. The molecular formula is C26H20ClN3O3. The highest BCUT2D eigenvalue weighted by Gasteiger charge is 2.35. The second kappa shape index (κ2) is 8.53. The van der Waals surface area contributed by atoms with Gasteiger partial charge in [0.15, 0.2) is 0 Å². The summed E-state index contributed by atoms with van der Waals surface area (Å²) < 4.78 is 11.0. The summed E-state index contributed by atoms with van der Waals surface area (Å²) in [6.07, 6.45) is 0.201. The zero-order valence-electron chi connectivity index (χ0n) is 17.8. The molecule has 1 aliphatic rings. The summed E-state index contributed by atoms with van der Waals surface area (Å²) in [5, 5.41) is 10.9. The third-order valence-corrected chi connectivity index (χ3v) is 6.19. The molecule has 1 unspecified atom stereocenters. The van der Waals surface area contributed by atoms with Gasteiger partial charge in [-0.3, -0.25) is 4.90 Å². The largest absolute Gasteiger partial charge is 0.497 e. The van der Waals surface area contributed by atoms with Crippen LogP contribution >= 0.6 is 11.6 Å². The van der Waals surface area contributed by atoms with Crippen LogP contribution in [-0.4, -0.2) is 29.6 Å². The van der Waals surface area contributed by atoms with Crippen molar-refractivity contribution in [3.05, 3.63) is 94.1 Å². The first-order valence-electron chi connectivity index (χ1n) is 10.5. The summed E-state index contributed by atoms with van der Waals surface area (Å²) in [6.45, 7) is 0.472. The molecule has 4 aromatic rings. The maximum Gasteiger partial charge on any atom is 0.416 e. The van der Waals surface area contributed by atoms with Gasteiger partial charge in [0.05, 0.1) is 18.7 Å². The first-order valence-corrected chi connectivity index (χ1v) is 10.9. The zero-order valence-corrected chi connectivity index (χ0v) is 18.6. The van der Waals surface area contributed by atoms with E-state index in [4.69, 9.17) is 21.1 Å². The van der Waals surface area contributed by atoms with Gasteiger partial charge in [0.2, 0.25) is 0 Å². The van der Waals surface area contributed by atoms with Crippen molar-refractivity contribution in [3.63, 3.8) is 0 Å². The molecule has 2 heterocycles. The van der Waals surface area contributed by atoms with Gasteiger partial charge in [0.1, 0.15) is 17.5 Å². The van der Waals surface area contributed by atoms with Crippen LogP contribution in [0.1, 0.15) is 28.4 Å². The van der Waals surface area contributed by atoms with Crippen LogP contribution in [0, 0.1) is 11.3 Å². The Hall–Kier alpha value is -3.95. The van der Waals surface area contributed by atoms with Gasteiger partial charge in [-0.1, -0.05) is 23.7 Å². The van der Waals surface area contributed by atoms with Crippen LogP contribution in [0.5, 0.6) is 11.5 Å². The van der Waals surface area contributed by atoms with Crippen molar-refractivity contribution in [3.8, 4) is 17.6 Å². The van der Waals surface area contributed by atoms with Gasteiger partial charge in [0.25, 0.3) is 0 Å². The molecule has 1 N–H and O–H groups in total. The fraction of sp³-hybridized carbons (Fsp3) is 0.154. The van der Waals surface area contributed by atoms with Gasteiger partial charge in [0, 0.05) is 28.2 Å². The van der Waals surface area contributed by atoms with E-state index in [0.29, 0.717) is 29.3 Å². The van der Waals surface area contributed by atoms with Crippen molar-refractivity contribution < 1.29 is 14.3 Å². The predicted molar refractivity (Wildman–Crippen MR) is 126 cm³/mol. The van der Waals surface area contributed by atoms with Gasteiger partial charge in [-0.25, -0.2) is 4.79 Å². The quantitative estimate of drug-likeness (QED) is 0.418. The highest BCUT2D eigenvalue weighted by molar-refractivity contribution is 6.30. The molecule has 7 heteroatoms. The number of carbonyl (C=O) groups excluding carboxylic acids is 1. The number of halogens is 1. The molecule has 0 saturated heterocycles. The summed E-state index contributed by atoms with van der Waals surface area (Å²) in [5.74, 6) is 1.17. The number of amides is 1. The minimum atomic E-state index is -0.444. The van der Waals surface area contributed by atoms with Crippen molar-refractivity contribution in [2.24, 2.45) is 0 Å². The Morgan fingerprint density at radius 3 is 2.52 bits per heavy atom. The third kappa shape index (κ3) is 3.88. The number of methoxy groups -OCH3 is 1. The van der Waals surface area contributed by atoms with E-state index in [1.54, 1.807) is 42.3 Å². The maximum atomic E-state index is 13.3. The monoisotopic (exact) mass is 457 g/mol. The summed E-state index contributed by atoms with van der Waals surface area (Å²) in [4.78, 5) is 18.5. The van der Waals surface area contributed by atoms with E-state index in [2.05, 4.69) is 11.1 Å². The van der Waals surface area contributed by atoms with Gasteiger partial charge >= 0.3 is 6.09 Å². The van der Waals surface area contributed by atoms with Gasteiger partial charge in [-0.15, -0.1) is 0 Å². The van der Waals surface area contributed by atoms with E-state index in [0.717, 1.165) is 33.5 Å². The molecule has 0 aliphatic carbocycles. The second-order valence-electron chi connectivity index (χ2n) is 7.83. The molecule has 0 spiro atoms. The van der Waals surface area contributed by atoms with Gasteiger partial charge < -0.3 is 14.5 Å². The van der Waals surface area contributed by atoms with Crippen LogP contribution in [0.3, 0.4) is 0 Å². The molecule has 5 rings (SSSR count). The maximum absolute atomic E-state index is 13.3. The summed E-state index contributed by atoms with van der Waals surface area (Å²) in [5.41, 5.74) is 4.50. The van der Waals surface area contributed by atoms with Crippen molar-refractivity contribution in [2.45, 2.75) is 12.5 Å². The minimum absolute atomic E-state index is 0.377. The number of fused-ring (bicyclic) bond motifs is 3. The molecule has 1 amide bonds. The number of aromatic nitrogens is 1. The van der Waals surface area contributed by atoms with E-state index in [9.17, 15) is 10.1 Å². The lowest BCUT2D eigenvalue weighted by Gasteiger charge is -2.35. The minimum Gasteiger partial charge on any atom is -0.497 e. The van der Waals surface area contributed by atoms with Crippen molar-refractivity contribution in [1.29, 1.82) is 5.26 Å². The number of hydrogen-bond acceptors (Lipinski definition) is 4. The van der Waals surface area contributed by atoms with Gasteiger partial charge in [-0.05, 0) is 72.1 Å².